The van der Waals surface area contributed by atoms with Gasteiger partial charge in [0.1, 0.15) is 0 Å². The van der Waals surface area contributed by atoms with Crippen LogP contribution in [-0.4, -0.2) is 60.9 Å². The highest BCUT2D eigenvalue weighted by Gasteiger charge is 2.32. The quantitative estimate of drug-likeness (QED) is 0.790. The van der Waals surface area contributed by atoms with Crippen molar-refractivity contribution >= 4 is 24.2 Å². The number of amides is 2. The van der Waals surface area contributed by atoms with Crippen LogP contribution in [0.25, 0.3) is 0 Å². The molecule has 156 valence electrons. The van der Waals surface area contributed by atoms with Crippen molar-refractivity contribution in [3.8, 4) is 0 Å². The molecular weight excluding hydrogens is 362 g/mol. The number of carbonyl (C=O) groups excluding carboxylic acids is 2. The van der Waals surface area contributed by atoms with E-state index in [1.165, 1.54) is 19.3 Å². The third-order valence-electron chi connectivity index (χ3n) is 6.80. The van der Waals surface area contributed by atoms with E-state index >= 15 is 0 Å². The van der Waals surface area contributed by atoms with Crippen LogP contribution < -0.4 is 5.32 Å². The van der Waals surface area contributed by atoms with Crippen LogP contribution in [0.3, 0.4) is 0 Å². The van der Waals surface area contributed by atoms with Gasteiger partial charge in [0.05, 0.1) is 0 Å². The summed E-state index contributed by atoms with van der Waals surface area (Å²) >= 11 is 0. The molecule has 1 N–H and O–H groups in total. The Bertz CT molecular complexity index is 488. The fourth-order valence-corrected chi connectivity index (χ4v) is 4.96. The second kappa shape index (κ2) is 10.7. The first-order chi connectivity index (χ1) is 12.5. The van der Waals surface area contributed by atoms with Gasteiger partial charge < -0.3 is 15.1 Å². The summed E-state index contributed by atoms with van der Waals surface area (Å²) in [6.07, 6.45) is 7.19. The summed E-state index contributed by atoms with van der Waals surface area (Å²) in [5, 5.41) is 3.45. The molecule has 3 aliphatic rings. The van der Waals surface area contributed by atoms with Crippen LogP contribution in [0, 0.1) is 23.7 Å². The van der Waals surface area contributed by atoms with Crippen LogP contribution in [0.5, 0.6) is 0 Å². The summed E-state index contributed by atoms with van der Waals surface area (Å²) in [5.74, 6) is 2.47. The average molecular weight is 400 g/mol. The van der Waals surface area contributed by atoms with Gasteiger partial charge in [-0.2, -0.15) is 0 Å². The highest BCUT2D eigenvalue weighted by Crippen LogP contribution is 2.26. The minimum Gasteiger partial charge on any atom is -0.343 e. The first-order valence-corrected chi connectivity index (χ1v) is 10.8. The average Bonchev–Trinajstić information content (AvgIpc) is 2.68. The molecular formula is C21H38ClN3O2. The summed E-state index contributed by atoms with van der Waals surface area (Å²) in [6.45, 7) is 10.0. The molecule has 0 saturated carbocycles. The second-order valence-electron chi connectivity index (χ2n) is 8.97. The smallest absolute Gasteiger partial charge is 0.225 e. The summed E-state index contributed by atoms with van der Waals surface area (Å²) in [5.41, 5.74) is 0. The van der Waals surface area contributed by atoms with E-state index in [-0.39, 0.29) is 18.3 Å². The lowest BCUT2D eigenvalue weighted by Gasteiger charge is -2.37. The van der Waals surface area contributed by atoms with Crippen molar-refractivity contribution in [2.24, 2.45) is 23.7 Å². The Kier molecular flexibility index (Phi) is 8.87. The minimum atomic E-state index is 0. The molecule has 27 heavy (non-hydrogen) atoms. The number of nitrogens with one attached hydrogen (secondary N) is 1. The lowest BCUT2D eigenvalue weighted by molar-refractivity contribution is -0.142. The molecule has 3 fully saturated rings. The van der Waals surface area contributed by atoms with Crippen molar-refractivity contribution in [3.63, 3.8) is 0 Å². The van der Waals surface area contributed by atoms with Crippen molar-refractivity contribution < 1.29 is 9.59 Å². The number of halogens is 1. The van der Waals surface area contributed by atoms with Crippen LogP contribution in [0.4, 0.5) is 0 Å². The zero-order valence-corrected chi connectivity index (χ0v) is 17.9. The Morgan fingerprint density at radius 3 is 2.41 bits per heavy atom. The standard InChI is InChI=1S/C21H37N3O2.ClH/c1-16-5-4-10-24(15-16)21(26)18-7-11-23(12-8-18)20(25)13-17(2)19-6-3-9-22-14-19;/h16-19,22H,3-15H2,1-2H3;1H. The van der Waals surface area contributed by atoms with E-state index in [4.69, 9.17) is 0 Å². The predicted molar refractivity (Wildman–Crippen MR) is 111 cm³/mol. The Labute approximate surface area is 171 Å². The molecule has 6 heteroatoms. The molecule has 3 heterocycles. The fourth-order valence-electron chi connectivity index (χ4n) is 4.96. The molecule has 0 spiro atoms. The maximum absolute atomic E-state index is 12.8. The molecule has 0 bridgehead atoms. The second-order valence-corrected chi connectivity index (χ2v) is 8.97. The van der Waals surface area contributed by atoms with Crippen molar-refractivity contribution in [1.82, 2.24) is 15.1 Å². The van der Waals surface area contributed by atoms with Crippen LogP contribution in [0.1, 0.15) is 58.8 Å². The van der Waals surface area contributed by atoms with Gasteiger partial charge in [-0.3, -0.25) is 9.59 Å². The van der Waals surface area contributed by atoms with Crippen LogP contribution in [0.15, 0.2) is 0 Å². The van der Waals surface area contributed by atoms with Gasteiger partial charge in [0.2, 0.25) is 11.8 Å². The van der Waals surface area contributed by atoms with Crippen molar-refractivity contribution in [2.75, 3.05) is 39.3 Å². The molecule has 5 nitrogen and oxygen atoms in total. The molecule has 0 radical (unpaired) electrons. The third kappa shape index (κ3) is 6.08. The van der Waals surface area contributed by atoms with Crippen LogP contribution >= 0.6 is 12.4 Å². The monoisotopic (exact) mass is 399 g/mol. The third-order valence-corrected chi connectivity index (χ3v) is 6.80. The molecule has 3 unspecified atom stereocenters. The van der Waals surface area contributed by atoms with E-state index in [0.29, 0.717) is 36.0 Å². The molecule has 2 amide bonds. The zero-order chi connectivity index (χ0) is 18.5. The van der Waals surface area contributed by atoms with Gasteiger partial charge in [-0.25, -0.2) is 0 Å². The first-order valence-electron chi connectivity index (χ1n) is 10.8. The number of nitrogens with zero attached hydrogens (tertiary/aromatic N) is 2. The number of hydrogen-bond donors (Lipinski definition) is 1. The summed E-state index contributed by atoms with van der Waals surface area (Å²) in [4.78, 5) is 29.5. The van der Waals surface area contributed by atoms with Gasteiger partial charge in [-0.05, 0) is 69.4 Å². The lowest BCUT2D eigenvalue weighted by atomic mass is 9.85. The molecule has 3 saturated heterocycles. The van der Waals surface area contributed by atoms with E-state index in [1.807, 2.05) is 4.90 Å². The van der Waals surface area contributed by atoms with E-state index < -0.39 is 0 Å². The van der Waals surface area contributed by atoms with Gasteiger partial charge >= 0.3 is 0 Å². The van der Waals surface area contributed by atoms with Crippen molar-refractivity contribution in [3.05, 3.63) is 0 Å². The van der Waals surface area contributed by atoms with Gasteiger partial charge in [0.15, 0.2) is 0 Å². The predicted octanol–water partition coefficient (Wildman–Crippen LogP) is 2.93. The molecule has 3 aliphatic heterocycles. The topological polar surface area (TPSA) is 52.7 Å². The lowest BCUT2D eigenvalue weighted by Crippen LogP contribution is -2.47. The summed E-state index contributed by atoms with van der Waals surface area (Å²) < 4.78 is 0. The first kappa shape index (κ1) is 22.5. The Morgan fingerprint density at radius 1 is 1.04 bits per heavy atom. The van der Waals surface area contributed by atoms with Gasteiger partial charge in [-0.15, -0.1) is 12.4 Å². The minimum absolute atomic E-state index is 0. The van der Waals surface area contributed by atoms with Gasteiger partial charge in [-0.1, -0.05) is 13.8 Å². The summed E-state index contributed by atoms with van der Waals surface area (Å²) in [6, 6.07) is 0. The zero-order valence-electron chi connectivity index (χ0n) is 17.1. The SMILES string of the molecule is CC1CCCN(C(=O)C2CCN(C(=O)CC(C)C3CCCNC3)CC2)C1.Cl. The number of piperidine rings is 3. The highest BCUT2D eigenvalue weighted by atomic mass is 35.5. The largest absolute Gasteiger partial charge is 0.343 e. The number of likely N-dealkylation sites (tertiary alicyclic amines) is 2. The van der Waals surface area contributed by atoms with E-state index in [9.17, 15) is 9.59 Å². The number of carbonyl (C=O) groups is 2. The van der Waals surface area contributed by atoms with Crippen LogP contribution in [0.2, 0.25) is 0 Å². The van der Waals surface area contributed by atoms with E-state index in [0.717, 1.165) is 58.5 Å². The maximum Gasteiger partial charge on any atom is 0.225 e. The Hall–Kier alpha value is -0.810. The normalized spacial score (nSPS) is 28.4. The molecule has 0 aromatic carbocycles. The van der Waals surface area contributed by atoms with Crippen LogP contribution in [-0.2, 0) is 9.59 Å². The highest BCUT2D eigenvalue weighted by molar-refractivity contribution is 5.85. The number of rotatable bonds is 4. The fraction of sp³-hybridized carbons (Fsp3) is 0.905. The van der Waals surface area contributed by atoms with Gasteiger partial charge in [0.25, 0.3) is 0 Å². The van der Waals surface area contributed by atoms with E-state index in [2.05, 4.69) is 24.1 Å². The molecule has 0 aliphatic carbocycles. The van der Waals surface area contributed by atoms with Crippen molar-refractivity contribution in [1.29, 1.82) is 0 Å². The Balaban J connectivity index is 0.00000261. The molecule has 3 rings (SSSR count). The van der Waals surface area contributed by atoms with E-state index in [1.54, 1.807) is 0 Å². The summed E-state index contributed by atoms with van der Waals surface area (Å²) in [7, 11) is 0. The molecule has 3 atom stereocenters. The maximum atomic E-state index is 12.8. The Morgan fingerprint density at radius 2 is 1.78 bits per heavy atom. The van der Waals surface area contributed by atoms with Crippen molar-refractivity contribution in [2.45, 2.75) is 58.8 Å². The number of hydrogen-bond acceptors (Lipinski definition) is 3. The van der Waals surface area contributed by atoms with Gasteiger partial charge in [0, 0.05) is 38.5 Å². The molecule has 0 aromatic heterocycles. The molecule has 0 aromatic rings.